The second kappa shape index (κ2) is 6.97. The number of hydrogen-bond acceptors (Lipinski definition) is 5. The van der Waals surface area contributed by atoms with Gasteiger partial charge in [-0.3, -0.25) is 4.79 Å². The summed E-state index contributed by atoms with van der Waals surface area (Å²) in [5.41, 5.74) is 6.53. The molecule has 0 heterocycles. The SMILES string of the molecule is CNC(=O)COc1ccc(C(=O)OC2CCCC2)cc1N. The highest BCUT2D eigenvalue weighted by Gasteiger charge is 2.20. The lowest BCUT2D eigenvalue weighted by molar-refractivity contribution is -0.122. The zero-order chi connectivity index (χ0) is 15.2. The molecule has 6 nitrogen and oxygen atoms in total. The molecule has 0 aromatic heterocycles. The van der Waals surface area contributed by atoms with Gasteiger partial charge in [0.25, 0.3) is 5.91 Å². The number of benzene rings is 1. The quantitative estimate of drug-likeness (QED) is 0.634. The number of nitrogen functional groups attached to an aromatic ring is 1. The van der Waals surface area contributed by atoms with Gasteiger partial charge in [-0.05, 0) is 43.9 Å². The van der Waals surface area contributed by atoms with Crippen LogP contribution in [0.1, 0.15) is 36.0 Å². The number of likely N-dealkylation sites (N-methyl/N-ethyl adjacent to an activating group) is 1. The van der Waals surface area contributed by atoms with Crippen LogP contribution in [0.5, 0.6) is 5.75 Å². The maximum Gasteiger partial charge on any atom is 0.338 e. The molecule has 1 saturated carbocycles. The van der Waals surface area contributed by atoms with E-state index >= 15 is 0 Å². The molecule has 1 aromatic carbocycles. The Kier molecular flexibility index (Phi) is 5.03. The van der Waals surface area contributed by atoms with Crippen LogP contribution < -0.4 is 15.8 Å². The Morgan fingerprint density at radius 3 is 2.67 bits per heavy atom. The normalized spacial score (nSPS) is 14.7. The lowest BCUT2D eigenvalue weighted by Crippen LogP contribution is -2.25. The highest BCUT2D eigenvalue weighted by atomic mass is 16.5. The second-order valence-corrected chi connectivity index (χ2v) is 5.03. The van der Waals surface area contributed by atoms with E-state index in [-0.39, 0.29) is 24.6 Å². The van der Waals surface area contributed by atoms with E-state index in [1.807, 2.05) is 0 Å². The van der Waals surface area contributed by atoms with Crippen LogP contribution in [0.25, 0.3) is 0 Å². The maximum absolute atomic E-state index is 12.0. The monoisotopic (exact) mass is 292 g/mol. The number of rotatable bonds is 5. The molecule has 1 fully saturated rings. The standard InChI is InChI=1S/C15H20N2O4/c1-17-14(18)9-20-13-7-6-10(8-12(13)16)15(19)21-11-4-2-3-5-11/h6-8,11H,2-5,9,16H2,1H3,(H,17,18). The summed E-state index contributed by atoms with van der Waals surface area (Å²) in [5.74, 6) is -0.249. The molecule has 1 amide bonds. The molecule has 1 aliphatic rings. The molecule has 2 rings (SSSR count). The van der Waals surface area contributed by atoms with Crippen molar-refractivity contribution in [2.75, 3.05) is 19.4 Å². The number of hydrogen-bond donors (Lipinski definition) is 2. The number of ether oxygens (including phenoxy) is 2. The summed E-state index contributed by atoms with van der Waals surface area (Å²) in [6, 6.07) is 4.67. The molecule has 0 aliphatic heterocycles. The van der Waals surface area contributed by atoms with Crippen LogP contribution in [-0.2, 0) is 9.53 Å². The van der Waals surface area contributed by atoms with Crippen molar-refractivity contribution in [2.45, 2.75) is 31.8 Å². The van der Waals surface area contributed by atoms with Crippen molar-refractivity contribution < 1.29 is 19.1 Å². The third-order valence-electron chi connectivity index (χ3n) is 3.46. The number of esters is 1. The van der Waals surface area contributed by atoms with Gasteiger partial charge < -0.3 is 20.5 Å². The van der Waals surface area contributed by atoms with Crippen molar-refractivity contribution in [3.05, 3.63) is 23.8 Å². The maximum atomic E-state index is 12.0. The number of nitrogens with one attached hydrogen (secondary N) is 1. The van der Waals surface area contributed by atoms with Crippen LogP contribution in [0, 0.1) is 0 Å². The van der Waals surface area contributed by atoms with Crippen LogP contribution in [-0.4, -0.2) is 31.6 Å². The minimum Gasteiger partial charge on any atom is -0.482 e. The Morgan fingerprint density at radius 1 is 1.33 bits per heavy atom. The Hall–Kier alpha value is -2.24. The van der Waals surface area contributed by atoms with Gasteiger partial charge in [0.05, 0.1) is 11.3 Å². The molecule has 0 radical (unpaired) electrons. The minimum absolute atomic E-state index is 0.0166. The molecule has 6 heteroatoms. The third kappa shape index (κ3) is 4.11. The van der Waals surface area contributed by atoms with Crippen molar-refractivity contribution in [2.24, 2.45) is 0 Å². The summed E-state index contributed by atoms with van der Waals surface area (Å²) in [5, 5.41) is 2.45. The fourth-order valence-corrected chi connectivity index (χ4v) is 2.25. The molecule has 0 saturated heterocycles. The van der Waals surface area contributed by atoms with E-state index in [2.05, 4.69) is 5.32 Å². The third-order valence-corrected chi connectivity index (χ3v) is 3.46. The summed E-state index contributed by atoms with van der Waals surface area (Å²) in [4.78, 5) is 23.1. The van der Waals surface area contributed by atoms with E-state index in [1.165, 1.54) is 13.1 Å². The minimum atomic E-state index is -0.369. The van der Waals surface area contributed by atoms with E-state index in [1.54, 1.807) is 12.1 Å². The zero-order valence-electron chi connectivity index (χ0n) is 12.1. The lowest BCUT2D eigenvalue weighted by Gasteiger charge is -2.13. The highest BCUT2D eigenvalue weighted by Crippen LogP contribution is 2.25. The predicted molar refractivity (Wildman–Crippen MR) is 78.1 cm³/mol. The molecule has 1 aliphatic carbocycles. The number of nitrogens with two attached hydrogens (primary N) is 1. The Bertz CT molecular complexity index is 524. The average molecular weight is 292 g/mol. The van der Waals surface area contributed by atoms with Crippen LogP contribution in [0.15, 0.2) is 18.2 Å². The van der Waals surface area contributed by atoms with E-state index in [4.69, 9.17) is 15.2 Å². The van der Waals surface area contributed by atoms with E-state index in [9.17, 15) is 9.59 Å². The molecular formula is C15H20N2O4. The first-order valence-electron chi connectivity index (χ1n) is 7.04. The summed E-state index contributed by atoms with van der Waals surface area (Å²) in [6.45, 7) is -0.118. The summed E-state index contributed by atoms with van der Waals surface area (Å²) >= 11 is 0. The van der Waals surface area contributed by atoms with Crippen LogP contribution in [0.2, 0.25) is 0 Å². The first-order valence-corrected chi connectivity index (χ1v) is 7.04. The van der Waals surface area contributed by atoms with Gasteiger partial charge in [0.1, 0.15) is 11.9 Å². The Labute approximate surface area is 123 Å². The van der Waals surface area contributed by atoms with E-state index in [0.717, 1.165) is 25.7 Å². The van der Waals surface area contributed by atoms with Gasteiger partial charge in [-0.15, -0.1) is 0 Å². The molecule has 114 valence electrons. The zero-order valence-corrected chi connectivity index (χ0v) is 12.1. The molecule has 0 unspecified atom stereocenters. The van der Waals surface area contributed by atoms with Gasteiger partial charge in [-0.25, -0.2) is 4.79 Å². The van der Waals surface area contributed by atoms with Gasteiger partial charge in [0.2, 0.25) is 0 Å². The van der Waals surface area contributed by atoms with E-state index < -0.39 is 0 Å². The molecule has 0 spiro atoms. The van der Waals surface area contributed by atoms with Crippen molar-refractivity contribution >= 4 is 17.6 Å². The largest absolute Gasteiger partial charge is 0.482 e. The second-order valence-electron chi connectivity index (χ2n) is 5.03. The topological polar surface area (TPSA) is 90.6 Å². The van der Waals surface area contributed by atoms with Gasteiger partial charge >= 0.3 is 5.97 Å². The molecule has 0 atom stereocenters. The number of carbonyl (C=O) groups excluding carboxylic acids is 2. The summed E-state index contributed by atoms with van der Waals surface area (Å²) < 4.78 is 10.7. The van der Waals surface area contributed by atoms with Crippen molar-refractivity contribution in [1.29, 1.82) is 0 Å². The fourth-order valence-electron chi connectivity index (χ4n) is 2.25. The van der Waals surface area contributed by atoms with Crippen LogP contribution >= 0.6 is 0 Å². The molecule has 3 N–H and O–H groups in total. The van der Waals surface area contributed by atoms with Gasteiger partial charge in [0, 0.05) is 7.05 Å². The summed E-state index contributed by atoms with van der Waals surface area (Å²) in [6.07, 6.45) is 4.07. The number of anilines is 1. The first kappa shape index (κ1) is 15.2. The van der Waals surface area contributed by atoms with Gasteiger partial charge in [0.15, 0.2) is 6.61 Å². The number of amides is 1. The smallest absolute Gasteiger partial charge is 0.338 e. The van der Waals surface area contributed by atoms with Gasteiger partial charge in [-0.2, -0.15) is 0 Å². The van der Waals surface area contributed by atoms with Crippen molar-refractivity contribution in [1.82, 2.24) is 5.32 Å². The Balaban J connectivity index is 1.97. The average Bonchev–Trinajstić information content (AvgIpc) is 2.98. The molecule has 0 bridgehead atoms. The van der Waals surface area contributed by atoms with Gasteiger partial charge in [-0.1, -0.05) is 0 Å². The highest BCUT2D eigenvalue weighted by molar-refractivity contribution is 5.91. The first-order chi connectivity index (χ1) is 10.1. The fraction of sp³-hybridized carbons (Fsp3) is 0.467. The van der Waals surface area contributed by atoms with E-state index in [0.29, 0.717) is 17.0 Å². The van der Waals surface area contributed by atoms with Crippen molar-refractivity contribution in [3.63, 3.8) is 0 Å². The molecular weight excluding hydrogens is 272 g/mol. The number of carbonyl (C=O) groups is 2. The lowest BCUT2D eigenvalue weighted by atomic mass is 10.2. The molecule has 1 aromatic rings. The van der Waals surface area contributed by atoms with Crippen LogP contribution in [0.4, 0.5) is 5.69 Å². The predicted octanol–water partition coefficient (Wildman–Crippen LogP) is 1.49. The Morgan fingerprint density at radius 2 is 2.05 bits per heavy atom. The molecule has 21 heavy (non-hydrogen) atoms. The summed E-state index contributed by atoms with van der Waals surface area (Å²) in [7, 11) is 1.52. The van der Waals surface area contributed by atoms with Crippen molar-refractivity contribution in [3.8, 4) is 5.75 Å². The van der Waals surface area contributed by atoms with Crippen LogP contribution in [0.3, 0.4) is 0 Å².